The molecule has 2 heterocycles. The van der Waals surface area contributed by atoms with Crippen LogP contribution in [0.15, 0.2) is 46.5 Å². The standard InChI is InChI=1S/C12H11N3OS/c13-15-12(11-6-14-7-17-11)10-5-8-3-1-2-4-9(8)16-10/h1-7,12,15H,13H2. The first-order valence-corrected chi connectivity index (χ1v) is 6.09. The number of nitrogens with two attached hydrogens (primary N) is 1. The van der Waals surface area contributed by atoms with E-state index in [4.69, 9.17) is 10.3 Å². The predicted molar refractivity (Wildman–Crippen MR) is 67.5 cm³/mol. The molecule has 0 aliphatic rings. The Balaban J connectivity index is 2.07. The van der Waals surface area contributed by atoms with E-state index in [-0.39, 0.29) is 6.04 Å². The van der Waals surface area contributed by atoms with Crippen LogP contribution < -0.4 is 11.3 Å². The molecule has 0 aliphatic carbocycles. The van der Waals surface area contributed by atoms with E-state index in [9.17, 15) is 0 Å². The fourth-order valence-electron chi connectivity index (χ4n) is 1.82. The zero-order valence-electron chi connectivity index (χ0n) is 8.96. The lowest BCUT2D eigenvalue weighted by molar-refractivity contribution is 0.481. The van der Waals surface area contributed by atoms with Crippen LogP contribution >= 0.6 is 11.3 Å². The topological polar surface area (TPSA) is 64.1 Å². The van der Waals surface area contributed by atoms with Crippen LogP contribution in [0.3, 0.4) is 0 Å². The molecule has 0 spiro atoms. The maximum absolute atomic E-state index is 5.78. The maximum Gasteiger partial charge on any atom is 0.134 e. The molecular formula is C12H11N3OS. The third-order valence-electron chi connectivity index (χ3n) is 2.63. The average Bonchev–Trinajstić information content (AvgIpc) is 2.98. The number of furan rings is 1. The van der Waals surface area contributed by atoms with E-state index in [1.807, 2.05) is 30.3 Å². The minimum Gasteiger partial charge on any atom is -0.459 e. The monoisotopic (exact) mass is 245 g/mol. The van der Waals surface area contributed by atoms with Gasteiger partial charge in [-0.2, -0.15) is 0 Å². The molecule has 0 aliphatic heterocycles. The zero-order valence-corrected chi connectivity index (χ0v) is 9.78. The van der Waals surface area contributed by atoms with Gasteiger partial charge < -0.3 is 4.42 Å². The number of thiazole rings is 1. The summed E-state index contributed by atoms with van der Waals surface area (Å²) in [7, 11) is 0. The van der Waals surface area contributed by atoms with Crippen molar-refractivity contribution in [2.45, 2.75) is 6.04 Å². The highest BCUT2D eigenvalue weighted by molar-refractivity contribution is 7.09. The molecule has 5 heteroatoms. The van der Waals surface area contributed by atoms with Gasteiger partial charge in [-0.15, -0.1) is 11.3 Å². The Hall–Kier alpha value is -1.69. The van der Waals surface area contributed by atoms with Gasteiger partial charge in [-0.05, 0) is 12.1 Å². The number of benzene rings is 1. The number of nitrogens with zero attached hydrogens (tertiary/aromatic N) is 1. The van der Waals surface area contributed by atoms with Crippen molar-refractivity contribution in [3.05, 3.63) is 52.7 Å². The first kappa shape index (κ1) is 10.5. The molecule has 17 heavy (non-hydrogen) atoms. The highest BCUT2D eigenvalue weighted by atomic mass is 32.1. The zero-order chi connectivity index (χ0) is 11.7. The Morgan fingerprint density at radius 2 is 2.24 bits per heavy atom. The van der Waals surface area contributed by atoms with Crippen LogP contribution in [0.4, 0.5) is 0 Å². The largest absolute Gasteiger partial charge is 0.459 e. The molecule has 0 saturated heterocycles. The highest BCUT2D eigenvalue weighted by Gasteiger charge is 2.18. The summed E-state index contributed by atoms with van der Waals surface area (Å²) in [5.74, 6) is 6.39. The SMILES string of the molecule is NNC(c1cc2ccccc2o1)c1cncs1. The van der Waals surface area contributed by atoms with Gasteiger partial charge >= 0.3 is 0 Å². The molecule has 3 aromatic rings. The van der Waals surface area contributed by atoms with Crippen molar-refractivity contribution in [2.24, 2.45) is 5.84 Å². The van der Waals surface area contributed by atoms with Gasteiger partial charge in [0, 0.05) is 11.6 Å². The Bertz CT molecular complexity index is 585. The van der Waals surface area contributed by atoms with Gasteiger partial charge in [0.05, 0.1) is 10.4 Å². The lowest BCUT2D eigenvalue weighted by atomic mass is 10.2. The number of para-hydroxylation sites is 1. The van der Waals surface area contributed by atoms with Gasteiger partial charge in [0.25, 0.3) is 0 Å². The lowest BCUT2D eigenvalue weighted by Crippen LogP contribution is -2.27. The minimum atomic E-state index is -0.144. The van der Waals surface area contributed by atoms with Gasteiger partial charge in [0.1, 0.15) is 17.4 Å². The van der Waals surface area contributed by atoms with E-state index >= 15 is 0 Å². The van der Waals surface area contributed by atoms with E-state index < -0.39 is 0 Å². The molecule has 4 nitrogen and oxygen atoms in total. The summed E-state index contributed by atoms with van der Waals surface area (Å²) in [6.45, 7) is 0. The molecule has 86 valence electrons. The number of nitrogens with one attached hydrogen (secondary N) is 1. The summed E-state index contributed by atoms with van der Waals surface area (Å²) in [6, 6.07) is 9.75. The van der Waals surface area contributed by atoms with Gasteiger partial charge in [0.15, 0.2) is 0 Å². The van der Waals surface area contributed by atoms with Crippen LogP contribution in [-0.4, -0.2) is 4.98 Å². The molecular weight excluding hydrogens is 234 g/mol. The molecule has 1 unspecified atom stereocenters. The summed E-state index contributed by atoms with van der Waals surface area (Å²) < 4.78 is 5.78. The molecule has 3 rings (SSSR count). The lowest BCUT2D eigenvalue weighted by Gasteiger charge is -2.09. The van der Waals surface area contributed by atoms with Gasteiger partial charge in [-0.25, -0.2) is 5.43 Å². The number of aromatic nitrogens is 1. The van der Waals surface area contributed by atoms with Crippen molar-refractivity contribution in [2.75, 3.05) is 0 Å². The van der Waals surface area contributed by atoms with Crippen molar-refractivity contribution in [1.82, 2.24) is 10.4 Å². The molecule has 0 saturated carbocycles. The van der Waals surface area contributed by atoms with E-state index in [0.29, 0.717) is 0 Å². The fourth-order valence-corrected chi connectivity index (χ4v) is 2.50. The fraction of sp³-hybridized carbons (Fsp3) is 0.0833. The summed E-state index contributed by atoms with van der Waals surface area (Å²) in [6.07, 6.45) is 1.79. The molecule has 0 bridgehead atoms. The van der Waals surface area contributed by atoms with Crippen molar-refractivity contribution in [3.63, 3.8) is 0 Å². The first-order chi connectivity index (χ1) is 8.38. The van der Waals surface area contributed by atoms with Crippen molar-refractivity contribution >= 4 is 22.3 Å². The van der Waals surface area contributed by atoms with Gasteiger partial charge in [-0.1, -0.05) is 18.2 Å². The molecule has 0 radical (unpaired) electrons. The number of hydrogen-bond donors (Lipinski definition) is 2. The molecule has 1 atom stereocenters. The normalized spacial score (nSPS) is 13.0. The summed E-state index contributed by atoms with van der Waals surface area (Å²) in [5.41, 5.74) is 5.41. The maximum atomic E-state index is 5.78. The van der Waals surface area contributed by atoms with Crippen LogP contribution in [0.25, 0.3) is 11.0 Å². The van der Waals surface area contributed by atoms with Crippen molar-refractivity contribution in [1.29, 1.82) is 0 Å². The van der Waals surface area contributed by atoms with Crippen LogP contribution in [0.5, 0.6) is 0 Å². The second-order valence-electron chi connectivity index (χ2n) is 3.69. The quantitative estimate of drug-likeness (QED) is 0.549. The Labute approximate surface area is 102 Å². The smallest absolute Gasteiger partial charge is 0.134 e. The van der Waals surface area contributed by atoms with E-state index in [1.54, 1.807) is 23.0 Å². The third-order valence-corrected chi connectivity index (χ3v) is 3.47. The molecule has 3 N–H and O–H groups in total. The third kappa shape index (κ3) is 1.84. The first-order valence-electron chi connectivity index (χ1n) is 5.21. The van der Waals surface area contributed by atoms with Crippen LogP contribution in [0.2, 0.25) is 0 Å². The van der Waals surface area contributed by atoms with Crippen LogP contribution in [0, 0.1) is 0 Å². The summed E-state index contributed by atoms with van der Waals surface area (Å²) in [5, 5.41) is 1.08. The second kappa shape index (κ2) is 4.29. The number of hydrazine groups is 1. The van der Waals surface area contributed by atoms with Crippen LogP contribution in [0.1, 0.15) is 16.7 Å². The summed E-state index contributed by atoms with van der Waals surface area (Å²) in [4.78, 5) is 5.09. The molecule has 1 aromatic carbocycles. The Kier molecular flexibility index (Phi) is 2.64. The number of rotatable bonds is 3. The van der Waals surface area contributed by atoms with Gasteiger partial charge in [-0.3, -0.25) is 10.8 Å². The summed E-state index contributed by atoms with van der Waals surface area (Å²) >= 11 is 1.55. The molecule has 2 aromatic heterocycles. The Morgan fingerprint density at radius 1 is 1.35 bits per heavy atom. The Morgan fingerprint density at radius 3 is 2.94 bits per heavy atom. The van der Waals surface area contributed by atoms with E-state index in [1.165, 1.54) is 0 Å². The molecule has 0 amide bonds. The number of hydrogen-bond acceptors (Lipinski definition) is 5. The van der Waals surface area contributed by atoms with Gasteiger partial charge in [0.2, 0.25) is 0 Å². The van der Waals surface area contributed by atoms with E-state index in [2.05, 4.69) is 10.4 Å². The van der Waals surface area contributed by atoms with E-state index in [0.717, 1.165) is 21.6 Å². The predicted octanol–water partition coefficient (Wildman–Crippen LogP) is 2.44. The average molecular weight is 245 g/mol. The van der Waals surface area contributed by atoms with Crippen molar-refractivity contribution in [3.8, 4) is 0 Å². The second-order valence-corrected chi connectivity index (χ2v) is 4.61. The number of fused-ring (bicyclic) bond motifs is 1. The highest BCUT2D eigenvalue weighted by Crippen LogP contribution is 2.29. The molecule has 0 fully saturated rings. The minimum absolute atomic E-state index is 0.144. The van der Waals surface area contributed by atoms with Crippen molar-refractivity contribution < 1.29 is 4.42 Å². The van der Waals surface area contributed by atoms with Crippen LogP contribution in [-0.2, 0) is 0 Å².